The summed E-state index contributed by atoms with van der Waals surface area (Å²) in [6.07, 6.45) is 5.17. The molecule has 0 atom stereocenters. The quantitative estimate of drug-likeness (QED) is 0.641. The van der Waals surface area contributed by atoms with Gasteiger partial charge in [-0.15, -0.1) is 0 Å². The van der Waals surface area contributed by atoms with Crippen LogP contribution in [0.1, 0.15) is 5.56 Å². The molecule has 0 aliphatic rings. The van der Waals surface area contributed by atoms with Crippen LogP contribution < -0.4 is 4.74 Å². The van der Waals surface area contributed by atoms with E-state index < -0.39 is 6.61 Å². The topological polar surface area (TPSA) is 39.9 Å². The molecular formula is C16H11Cl2F2N3O. The number of hydrogen-bond donors (Lipinski definition) is 0. The Morgan fingerprint density at radius 3 is 2.67 bits per heavy atom. The van der Waals surface area contributed by atoms with E-state index in [1.807, 2.05) is 12.3 Å². The fourth-order valence-corrected chi connectivity index (χ4v) is 2.65. The number of halogens is 4. The van der Waals surface area contributed by atoms with Crippen molar-refractivity contribution in [1.82, 2.24) is 14.8 Å². The van der Waals surface area contributed by atoms with Gasteiger partial charge in [-0.2, -0.15) is 13.9 Å². The molecule has 4 nitrogen and oxygen atoms in total. The normalized spacial score (nSPS) is 11.0. The Morgan fingerprint density at radius 2 is 2.00 bits per heavy atom. The smallest absolute Gasteiger partial charge is 0.387 e. The van der Waals surface area contributed by atoms with E-state index in [-0.39, 0.29) is 10.8 Å². The molecule has 0 spiro atoms. The minimum absolute atomic E-state index is 0.0884. The second kappa shape index (κ2) is 7.15. The summed E-state index contributed by atoms with van der Waals surface area (Å²) < 4.78 is 31.0. The predicted octanol–water partition coefficient (Wildman–Crippen LogP) is 4.90. The van der Waals surface area contributed by atoms with Crippen molar-refractivity contribution in [3.63, 3.8) is 0 Å². The van der Waals surface area contributed by atoms with Crippen molar-refractivity contribution in [3.05, 3.63) is 64.5 Å². The first-order valence-corrected chi connectivity index (χ1v) is 7.65. The largest absolute Gasteiger partial charge is 0.433 e. The van der Waals surface area contributed by atoms with Crippen LogP contribution in [0.5, 0.6) is 5.75 Å². The average Bonchev–Trinajstić information content (AvgIpc) is 3.02. The number of pyridine rings is 1. The van der Waals surface area contributed by atoms with E-state index in [1.54, 1.807) is 29.2 Å². The number of hydrogen-bond acceptors (Lipinski definition) is 3. The molecule has 124 valence electrons. The highest BCUT2D eigenvalue weighted by molar-refractivity contribution is 6.33. The predicted molar refractivity (Wildman–Crippen MR) is 87.7 cm³/mol. The molecular weight excluding hydrogens is 359 g/mol. The van der Waals surface area contributed by atoms with Crippen molar-refractivity contribution in [2.75, 3.05) is 0 Å². The molecule has 0 aliphatic heterocycles. The first-order chi connectivity index (χ1) is 11.5. The molecule has 0 saturated carbocycles. The lowest BCUT2D eigenvalue weighted by atomic mass is 10.1. The third kappa shape index (κ3) is 3.83. The summed E-state index contributed by atoms with van der Waals surface area (Å²) in [4.78, 5) is 4.32. The third-order valence-corrected chi connectivity index (χ3v) is 3.82. The number of benzene rings is 1. The van der Waals surface area contributed by atoms with Gasteiger partial charge in [0, 0.05) is 24.2 Å². The van der Waals surface area contributed by atoms with Gasteiger partial charge in [0.05, 0.1) is 22.3 Å². The Morgan fingerprint density at radius 1 is 1.17 bits per heavy atom. The highest BCUT2D eigenvalue weighted by Gasteiger charge is 2.13. The Hall–Kier alpha value is -2.18. The Labute approximate surface area is 146 Å². The minimum Gasteiger partial charge on any atom is -0.433 e. The van der Waals surface area contributed by atoms with Crippen molar-refractivity contribution in [1.29, 1.82) is 0 Å². The summed E-state index contributed by atoms with van der Waals surface area (Å²) in [5, 5.41) is 4.60. The molecule has 3 rings (SSSR count). The molecule has 3 aromatic rings. The van der Waals surface area contributed by atoms with Crippen LogP contribution in [0, 0.1) is 0 Å². The number of ether oxygens (including phenoxy) is 1. The van der Waals surface area contributed by atoms with Gasteiger partial charge < -0.3 is 4.74 Å². The summed E-state index contributed by atoms with van der Waals surface area (Å²) in [6, 6.07) is 8.07. The summed E-state index contributed by atoms with van der Waals surface area (Å²) >= 11 is 12.1. The molecule has 0 bridgehead atoms. The zero-order valence-electron chi connectivity index (χ0n) is 12.2. The zero-order valence-corrected chi connectivity index (χ0v) is 13.7. The summed E-state index contributed by atoms with van der Waals surface area (Å²) in [5.74, 6) is -0.123. The van der Waals surface area contributed by atoms with Crippen LogP contribution in [0.15, 0.2) is 48.9 Å². The monoisotopic (exact) mass is 369 g/mol. The van der Waals surface area contributed by atoms with E-state index in [4.69, 9.17) is 23.2 Å². The van der Waals surface area contributed by atoms with Crippen molar-refractivity contribution >= 4 is 23.2 Å². The standard InChI is InChI=1S/C16H11Cl2F2N3O/c17-12-3-2-11(7-14(12)24-16(19)20)15-13(18)6-10(8-21-15)9-23-5-1-4-22-23/h1-8,16H,9H2. The highest BCUT2D eigenvalue weighted by Crippen LogP contribution is 2.33. The molecule has 2 aromatic heterocycles. The Bertz CT molecular complexity index is 841. The van der Waals surface area contributed by atoms with E-state index in [0.29, 0.717) is 22.8 Å². The minimum atomic E-state index is -2.96. The van der Waals surface area contributed by atoms with Gasteiger partial charge in [-0.25, -0.2) is 0 Å². The lowest BCUT2D eigenvalue weighted by Gasteiger charge is -2.10. The van der Waals surface area contributed by atoms with Crippen molar-refractivity contribution in [2.24, 2.45) is 0 Å². The van der Waals surface area contributed by atoms with Crippen LogP contribution >= 0.6 is 23.2 Å². The van der Waals surface area contributed by atoms with Crippen LogP contribution in [-0.4, -0.2) is 21.4 Å². The number of aromatic nitrogens is 3. The molecule has 0 radical (unpaired) electrons. The maximum atomic E-state index is 12.4. The average molecular weight is 370 g/mol. The fourth-order valence-electron chi connectivity index (χ4n) is 2.19. The maximum absolute atomic E-state index is 12.4. The highest BCUT2D eigenvalue weighted by atomic mass is 35.5. The van der Waals surface area contributed by atoms with E-state index in [2.05, 4.69) is 14.8 Å². The molecule has 0 saturated heterocycles. The van der Waals surface area contributed by atoms with Crippen LogP contribution in [0.3, 0.4) is 0 Å². The molecule has 8 heteroatoms. The molecule has 2 heterocycles. The van der Waals surface area contributed by atoms with Crippen LogP contribution in [0.4, 0.5) is 8.78 Å². The van der Waals surface area contributed by atoms with Crippen molar-refractivity contribution < 1.29 is 13.5 Å². The zero-order chi connectivity index (χ0) is 17.1. The van der Waals surface area contributed by atoms with Crippen LogP contribution in [0.2, 0.25) is 10.0 Å². The van der Waals surface area contributed by atoms with Gasteiger partial charge in [0.2, 0.25) is 0 Å². The lowest BCUT2D eigenvalue weighted by molar-refractivity contribution is -0.0497. The third-order valence-electron chi connectivity index (χ3n) is 3.22. The first kappa shape index (κ1) is 16.7. The second-order valence-corrected chi connectivity index (χ2v) is 5.72. The molecule has 0 N–H and O–H groups in total. The molecule has 1 aromatic carbocycles. The lowest BCUT2D eigenvalue weighted by Crippen LogP contribution is -2.03. The van der Waals surface area contributed by atoms with Gasteiger partial charge >= 0.3 is 6.61 Å². The Kier molecular flexibility index (Phi) is 4.97. The van der Waals surface area contributed by atoms with Gasteiger partial charge in [-0.05, 0) is 29.8 Å². The summed E-state index contributed by atoms with van der Waals surface area (Å²) in [7, 11) is 0. The second-order valence-electron chi connectivity index (χ2n) is 4.90. The van der Waals surface area contributed by atoms with Gasteiger partial charge in [-0.1, -0.05) is 29.3 Å². The van der Waals surface area contributed by atoms with E-state index in [0.717, 1.165) is 5.56 Å². The molecule has 0 amide bonds. The molecule has 0 aliphatic carbocycles. The Balaban J connectivity index is 1.89. The first-order valence-electron chi connectivity index (χ1n) is 6.89. The van der Waals surface area contributed by atoms with Crippen molar-refractivity contribution in [3.8, 4) is 17.0 Å². The van der Waals surface area contributed by atoms with Gasteiger partial charge in [-0.3, -0.25) is 9.67 Å². The molecule has 24 heavy (non-hydrogen) atoms. The summed E-state index contributed by atoms with van der Waals surface area (Å²) in [6.45, 7) is -2.43. The van der Waals surface area contributed by atoms with Gasteiger partial charge in [0.1, 0.15) is 5.75 Å². The van der Waals surface area contributed by atoms with Gasteiger partial charge in [0.25, 0.3) is 0 Å². The molecule has 0 unspecified atom stereocenters. The van der Waals surface area contributed by atoms with Crippen LogP contribution in [0.25, 0.3) is 11.3 Å². The van der Waals surface area contributed by atoms with E-state index >= 15 is 0 Å². The van der Waals surface area contributed by atoms with E-state index in [1.165, 1.54) is 12.1 Å². The molecule has 0 fully saturated rings. The van der Waals surface area contributed by atoms with Crippen molar-refractivity contribution in [2.45, 2.75) is 13.2 Å². The number of nitrogens with zero attached hydrogens (tertiary/aromatic N) is 3. The summed E-state index contributed by atoms with van der Waals surface area (Å²) in [5.41, 5.74) is 1.85. The van der Waals surface area contributed by atoms with Gasteiger partial charge in [0.15, 0.2) is 0 Å². The van der Waals surface area contributed by atoms with Crippen LogP contribution in [-0.2, 0) is 6.54 Å². The number of rotatable bonds is 5. The SMILES string of the molecule is FC(F)Oc1cc(-c2ncc(Cn3cccn3)cc2Cl)ccc1Cl. The van der Waals surface area contributed by atoms with E-state index in [9.17, 15) is 8.78 Å². The fraction of sp³-hybridized carbons (Fsp3) is 0.125. The number of alkyl halides is 2. The maximum Gasteiger partial charge on any atom is 0.387 e.